The summed E-state index contributed by atoms with van der Waals surface area (Å²) in [6.07, 6.45) is 8.32. The number of para-hydroxylation sites is 1. The molecule has 0 radical (unpaired) electrons. The predicted molar refractivity (Wildman–Crippen MR) is 152 cm³/mol. The van der Waals surface area contributed by atoms with Gasteiger partial charge < -0.3 is 10.2 Å². The molecule has 4 rings (SSSR count). The summed E-state index contributed by atoms with van der Waals surface area (Å²) in [5.41, 5.74) is 4.19. The molecule has 1 fully saturated rings. The molecule has 8 heteroatoms. The van der Waals surface area contributed by atoms with Gasteiger partial charge in [0.25, 0.3) is 5.91 Å². The van der Waals surface area contributed by atoms with E-state index in [0.29, 0.717) is 17.2 Å². The van der Waals surface area contributed by atoms with Gasteiger partial charge in [-0.3, -0.25) is 14.3 Å². The smallest absolute Gasteiger partial charge is 0.253 e. The minimum absolute atomic E-state index is 0.0198. The molecule has 38 heavy (non-hydrogen) atoms. The zero-order valence-corrected chi connectivity index (χ0v) is 23.6. The first-order valence-electron chi connectivity index (χ1n) is 13.8. The van der Waals surface area contributed by atoms with Crippen LogP contribution in [0.5, 0.6) is 0 Å². The second kappa shape index (κ2) is 12.4. The molecule has 2 aromatic carbocycles. The molecule has 0 atom stereocenters. The van der Waals surface area contributed by atoms with E-state index >= 15 is 0 Å². The highest BCUT2D eigenvalue weighted by atomic mass is 32.2. The Balaban J connectivity index is 1.22. The summed E-state index contributed by atoms with van der Waals surface area (Å²) >= 11 is 0. The number of ketones is 1. The van der Waals surface area contributed by atoms with Crippen molar-refractivity contribution in [2.45, 2.75) is 64.8 Å². The van der Waals surface area contributed by atoms with Crippen molar-refractivity contribution in [1.29, 1.82) is 0 Å². The molecular formula is C30H41N3O4S. The molecule has 0 saturated heterocycles. The lowest BCUT2D eigenvalue weighted by Crippen LogP contribution is -2.38. The molecule has 7 nitrogen and oxygen atoms in total. The van der Waals surface area contributed by atoms with Crippen molar-refractivity contribution in [1.82, 2.24) is 10.2 Å². The van der Waals surface area contributed by atoms with Crippen LogP contribution in [0.25, 0.3) is 0 Å². The Morgan fingerprint density at radius 2 is 1.66 bits per heavy atom. The van der Waals surface area contributed by atoms with E-state index in [-0.39, 0.29) is 23.7 Å². The van der Waals surface area contributed by atoms with Gasteiger partial charge in [-0.25, -0.2) is 8.42 Å². The molecule has 1 aliphatic heterocycles. The zero-order chi connectivity index (χ0) is 27.3. The van der Waals surface area contributed by atoms with Crippen molar-refractivity contribution >= 4 is 27.4 Å². The molecule has 206 valence electrons. The number of nitrogens with zero attached hydrogens (tertiary/aromatic N) is 1. The number of carbonyl (C=O) groups is 2. The largest absolute Gasteiger partial charge is 0.349 e. The van der Waals surface area contributed by atoms with Gasteiger partial charge in [0.2, 0.25) is 10.0 Å². The van der Waals surface area contributed by atoms with Gasteiger partial charge in [0.05, 0.1) is 17.5 Å². The van der Waals surface area contributed by atoms with Crippen LogP contribution in [-0.4, -0.2) is 56.9 Å². The molecule has 0 bridgehead atoms. The molecular weight excluding hydrogens is 498 g/mol. The van der Waals surface area contributed by atoms with Crippen molar-refractivity contribution < 1.29 is 18.0 Å². The summed E-state index contributed by atoms with van der Waals surface area (Å²) in [6.45, 7) is 7.07. The molecule has 1 amide bonds. The van der Waals surface area contributed by atoms with E-state index in [9.17, 15) is 18.0 Å². The number of fused-ring (bicyclic) bond motifs is 1. The van der Waals surface area contributed by atoms with Crippen LogP contribution in [0.3, 0.4) is 0 Å². The second-order valence-electron chi connectivity index (χ2n) is 11.2. The highest BCUT2D eigenvalue weighted by molar-refractivity contribution is 7.92. The first-order valence-corrected chi connectivity index (χ1v) is 15.7. The number of hydrogen-bond acceptors (Lipinski definition) is 5. The lowest BCUT2D eigenvalue weighted by Gasteiger charge is -2.31. The zero-order valence-electron chi connectivity index (χ0n) is 22.8. The van der Waals surface area contributed by atoms with Gasteiger partial charge in [0.1, 0.15) is 0 Å². The number of benzene rings is 2. The number of Topliss-reactive ketones (excluding diaryl/α,β-unsaturated/α-hetero) is 1. The van der Waals surface area contributed by atoms with E-state index in [0.717, 1.165) is 76.4 Å². The lowest BCUT2D eigenvalue weighted by molar-refractivity contribution is 0.0918. The lowest BCUT2D eigenvalue weighted by atomic mass is 9.84. The molecule has 2 aromatic rings. The maximum Gasteiger partial charge on any atom is 0.253 e. The summed E-state index contributed by atoms with van der Waals surface area (Å²) in [5, 5.41) is 3.12. The minimum atomic E-state index is -3.46. The fourth-order valence-corrected chi connectivity index (χ4v) is 6.25. The quantitative estimate of drug-likeness (QED) is 0.452. The third kappa shape index (κ3) is 7.67. The van der Waals surface area contributed by atoms with Crippen LogP contribution in [0.4, 0.5) is 5.69 Å². The van der Waals surface area contributed by atoms with Crippen molar-refractivity contribution in [2.75, 3.05) is 30.6 Å². The summed E-state index contributed by atoms with van der Waals surface area (Å²) in [6, 6.07) is 13.1. The highest BCUT2D eigenvalue weighted by Crippen LogP contribution is 2.28. The Labute approximate surface area is 227 Å². The fourth-order valence-electron chi connectivity index (χ4n) is 5.68. The molecule has 0 aromatic heterocycles. The summed E-state index contributed by atoms with van der Waals surface area (Å²) in [7, 11) is -3.46. The van der Waals surface area contributed by atoms with Crippen LogP contribution < -0.4 is 10.0 Å². The molecule has 1 aliphatic carbocycles. The van der Waals surface area contributed by atoms with E-state index in [1.165, 1.54) is 11.1 Å². The van der Waals surface area contributed by atoms with Gasteiger partial charge in [-0.2, -0.15) is 0 Å². The highest BCUT2D eigenvalue weighted by Gasteiger charge is 2.25. The van der Waals surface area contributed by atoms with Gasteiger partial charge in [-0.05, 0) is 86.7 Å². The molecule has 1 saturated carbocycles. The van der Waals surface area contributed by atoms with Crippen LogP contribution in [0.15, 0.2) is 42.5 Å². The van der Waals surface area contributed by atoms with Crippen LogP contribution in [0.2, 0.25) is 0 Å². The Kier molecular flexibility index (Phi) is 9.26. The number of amides is 1. The number of rotatable bonds is 9. The van der Waals surface area contributed by atoms with Crippen LogP contribution in [-0.2, 0) is 22.9 Å². The van der Waals surface area contributed by atoms with Gasteiger partial charge in [0, 0.05) is 30.6 Å². The summed E-state index contributed by atoms with van der Waals surface area (Å²) < 4.78 is 25.7. The fraction of sp³-hybridized carbons (Fsp3) is 0.533. The maximum absolute atomic E-state index is 12.9. The number of sulfonamides is 1. The van der Waals surface area contributed by atoms with E-state index < -0.39 is 10.0 Å². The van der Waals surface area contributed by atoms with Crippen molar-refractivity contribution in [3.8, 4) is 0 Å². The second-order valence-corrected chi connectivity index (χ2v) is 13.0. The third-order valence-electron chi connectivity index (χ3n) is 7.91. The Hall–Kier alpha value is -2.71. The number of anilines is 1. The van der Waals surface area contributed by atoms with Crippen molar-refractivity contribution in [3.05, 3.63) is 64.7 Å². The average Bonchev–Trinajstić information content (AvgIpc) is 3.09. The average molecular weight is 540 g/mol. The van der Waals surface area contributed by atoms with Crippen LogP contribution >= 0.6 is 0 Å². The predicted octanol–water partition coefficient (Wildman–Crippen LogP) is 4.68. The first kappa shape index (κ1) is 28.3. The summed E-state index contributed by atoms with van der Waals surface area (Å²) in [5.74, 6) is 0.660. The van der Waals surface area contributed by atoms with E-state index in [1.54, 1.807) is 24.3 Å². The Morgan fingerprint density at radius 3 is 2.34 bits per heavy atom. The van der Waals surface area contributed by atoms with Crippen LogP contribution in [0.1, 0.15) is 77.8 Å². The van der Waals surface area contributed by atoms with Gasteiger partial charge in [-0.15, -0.1) is 0 Å². The number of hydrogen-bond donors (Lipinski definition) is 2. The minimum Gasteiger partial charge on any atom is -0.349 e. The molecule has 2 aliphatic rings. The van der Waals surface area contributed by atoms with Crippen molar-refractivity contribution in [2.24, 2.45) is 11.8 Å². The third-order valence-corrected chi connectivity index (χ3v) is 8.50. The normalized spacial score (nSPS) is 20.4. The molecule has 2 N–H and O–H groups in total. The number of carbonyl (C=O) groups excluding carboxylic acids is 2. The molecule has 1 heterocycles. The van der Waals surface area contributed by atoms with E-state index in [1.807, 2.05) is 19.9 Å². The summed E-state index contributed by atoms with van der Waals surface area (Å²) in [4.78, 5) is 27.9. The maximum atomic E-state index is 12.9. The van der Waals surface area contributed by atoms with Gasteiger partial charge >= 0.3 is 0 Å². The van der Waals surface area contributed by atoms with Gasteiger partial charge in [-0.1, -0.05) is 38.1 Å². The molecule has 0 unspecified atom stereocenters. The van der Waals surface area contributed by atoms with Crippen molar-refractivity contribution in [3.63, 3.8) is 0 Å². The van der Waals surface area contributed by atoms with E-state index in [4.69, 9.17) is 0 Å². The topological polar surface area (TPSA) is 95.6 Å². The number of nitrogens with one attached hydrogen (secondary N) is 2. The molecule has 0 spiro atoms. The standard InChI is InChI=1S/C30H41N3O4S/c1-21(2)29(34)25-11-10-23-15-18-33(19-16-24(23)20-25)17-14-22-8-12-26(13-9-22)31-30(35)27-6-4-5-7-28(27)32-38(3,36)37/h4-7,10-11,20-22,26,32H,8-9,12-19H2,1-3H3,(H,31,35)/t22-,26-. The van der Waals surface area contributed by atoms with Gasteiger partial charge in [0.15, 0.2) is 5.78 Å². The Morgan fingerprint density at radius 1 is 0.974 bits per heavy atom. The SMILES string of the molecule is CC(C)C(=O)c1ccc2c(c1)CCN(CC[C@H]1CC[C@H](NC(=O)c3ccccc3NS(C)(=O)=O)CC1)CC2. The first-order chi connectivity index (χ1) is 18.1. The van der Waals surface area contributed by atoms with Crippen LogP contribution in [0, 0.1) is 11.8 Å². The van der Waals surface area contributed by atoms with E-state index in [2.05, 4.69) is 27.1 Å². The Bertz CT molecular complexity index is 1250. The monoisotopic (exact) mass is 539 g/mol.